The molecule has 1 aliphatic rings. The Kier molecular flexibility index (Phi) is 3.84. The van der Waals surface area contributed by atoms with Crippen molar-refractivity contribution < 1.29 is 14.3 Å². The van der Waals surface area contributed by atoms with Gasteiger partial charge in [0.2, 0.25) is 0 Å². The average Bonchev–Trinajstić information content (AvgIpc) is 2.67. The van der Waals surface area contributed by atoms with Gasteiger partial charge in [0.15, 0.2) is 5.78 Å². The van der Waals surface area contributed by atoms with Gasteiger partial charge in [-0.15, -0.1) is 0 Å². The largest absolute Gasteiger partial charge is 0.444 e. The monoisotopic (exact) mass is 275 g/mol. The molecule has 0 unspecified atom stereocenters. The lowest BCUT2D eigenvalue weighted by molar-refractivity contribution is 0.101. The van der Waals surface area contributed by atoms with Crippen molar-refractivity contribution in [2.75, 3.05) is 11.4 Å². The summed E-state index contributed by atoms with van der Waals surface area (Å²) in [5.74, 6) is 0.0196. The number of nitrogens with zero attached hydrogens (tertiary/aromatic N) is 1. The zero-order chi connectivity index (χ0) is 14.9. The van der Waals surface area contributed by atoms with Crippen molar-refractivity contribution in [3.63, 3.8) is 0 Å². The van der Waals surface area contributed by atoms with Crippen LogP contribution in [0.5, 0.6) is 0 Å². The molecule has 0 saturated carbocycles. The maximum absolute atomic E-state index is 11.9. The minimum Gasteiger partial charge on any atom is -0.444 e. The molecule has 0 spiro atoms. The fraction of sp³-hybridized carbons (Fsp3) is 0.500. The van der Waals surface area contributed by atoms with E-state index < -0.39 is 0 Å². The Balaban J connectivity index is 2.09. The van der Waals surface area contributed by atoms with Crippen LogP contribution in [0.4, 0.5) is 10.5 Å². The summed E-state index contributed by atoms with van der Waals surface area (Å²) in [7, 11) is 0. The van der Waals surface area contributed by atoms with Gasteiger partial charge in [0.05, 0.1) is 6.54 Å². The van der Waals surface area contributed by atoms with Gasteiger partial charge in [0.1, 0.15) is 6.10 Å². The number of amides is 1. The number of anilines is 1. The number of hydrogen-bond donors (Lipinski definition) is 0. The van der Waals surface area contributed by atoms with Crippen molar-refractivity contribution in [2.45, 2.75) is 40.2 Å². The van der Waals surface area contributed by atoms with Crippen LogP contribution in [0.2, 0.25) is 0 Å². The van der Waals surface area contributed by atoms with E-state index in [0.29, 0.717) is 12.1 Å². The number of cyclic esters (lactones) is 1. The van der Waals surface area contributed by atoms with Crippen LogP contribution in [0, 0.1) is 5.41 Å². The van der Waals surface area contributed by atoms with E-state index in [1.165, 1.54) is 6.92 Å². The van der Waals surface area contributed by atoms with Crippen LogP contribution < -0.4 is 4.90 Å². The van der Waals surface area contributed by atoms with Crippen molar-refractivity contribution in [1.82, 2.24) is 0 Å². The van der Waals surface area contributed by atoms with E-state index in [4.69, 9.17) is 4.74 Å². The number of carbonyl (C=O) groups excluding carboxylic acids is 2. The molecule has 1 atom stereocenters. The van der Waals surface area contributed by atoms with Crippen LogP contribution in [0.1, 0.15) is 44.5 Å². The minimum atomic E-state index is -0.310. The lowest BCUT2D eigenvalue weighted by Crippen LogP contribution is -2.26. The van der Waals surface area contributed by atoms with Crippen molar-refractivity contribution in [3.8, 4) is 0 Å². The highest BCUT2D eigenvalue weighted by atomic mass is 16.6. The van der Waals surface area contributed by atoms with Gasteiger partial charge in [-0.05, 0) is 43.0 Å². The summed E-state index contributed by atoms with van der Waals surface area (Å²) in [6.07, 6.45) is 0.450. The summed E-state index contributed by atoms with van der Waals surface area (Å²) in [6, 6.07) is 7.05. The molecular weight excluding hydrogens is 254 g/mol. The van der Waals surface area contributed by atoms with Gasteiger partial charge < -0.3 is 4.74 Å². The molecule has 108 valence electrons. The lowest BCUT2D eigenvalue weighted by atomic mass is 9.89. The van der Waals surface area contributed by atoms with Crippen molar-refractivity contribution >= 4 is 17.6 Å². The predicted molar refractivity (Wildman–Crippen MR) is 78.1 cm³/mol. The Bertz CT molecular complexity index is 514. The first-order valence-electron chi connectivity index (χ1n) is 6.85. The Morgan fingerprint density at radius 2 is 1.90 bits per heavy atom. The number of ether oxygens (including phenoxy) is 1. The molecule has 20 heavy (non-hydrogen) atoms. The summed E-state index contributed by atoms with van der Waals surface area (Å²) < 4.78 is 5.40. The quantitative estimate of drug-likeness (QED) is 0.791. The van der Waals surface area contributed by atoms with E-state index in [2.05, 4.69) is 20.8 Å². The molecule has 0 N–H and O–H groups in total. The van der Waals surface area contributed by atoms with E-state index in [-0.39, 0.29) is 23.4 Å². The van der Waals surface area contributed by atoms with Gasteiger partial charge in [-0.3, -0.25) is 9.69 Å². The predicted octanol–water partition coefficient (Wildman–Crippen LogP) is 3.65. The van der Waals surface area contributed by atoms with Crippen LogP contribution in [0.15, 0.2) is 24.3 Å². The number of carbonyl (C=O) groups is 2. The fourth-order valence-electron chi connectivity index (χ4n) is 2.40. The lowest BCUT2D eigenvalue weighted by Gasteiger charge is -2.21. The molecule has 1 fully saturated rings. The highest BCUT2D eigenvalue weighted by Gasteiger charge is 2.34. The Hall–Kier alpha value is -1.84. The zero-order valence-electron chi connectivity index (χ0n) is 12.5. The van der Waals surface area contributed by atoms with Crippen LogP contribution in [-0.2, 0) is 4.74 Å². The van der Waals surface area contributed by atoms with Gasteiger partial charge in [-0.25, -0.2) is 4.79 Å². The first-order valence-corrected chi connectivity index (χ1v) is 6.85. The Morgan fingerprint density at radius 3 is 2.40 bits per heavy atom. The van der Waals surface area contributed by atoms with E-state index in [0.717, 1.165) is 12.1 Å². The first-order chi connectivity index (χ1) is 9.26. The zero-order valence-corrected chi connectivity index (χ0v) is 12.5. The van der Waals surface area contributed by atoms with E-state index >= 15 is 0 Å². The minimum absolute atomic E-state index is 0.0196. The summed E-state index contributed by atoms with van der Waals surface area (Å²) >= 11 is 0. The third-order valence-electron chi connectivity index (χ3n) is 3.30. The number of ketones is 1. The molecule has 4 heteroatoms. The molecule has 1 aromatic rings. The van der Waals surface area contributed by atoms with Gasteiger partial charge in [-0.2, -0.15) is 0 Å². The molecule has 0 bridgehead atoms. The second kappa shape index (κ2) is 5.27. The van der Waals surface area contributed by atoms with Crippen LogP contribution in [0.25, 0.3) is 0 Å². The smallest absolute Gasteiger partial charge is 0.414 e. The molecule has 4 nitrogen and oxygen atoms in total. The van der Waals surface area contributed by atoms with Crippen LogP contribution >= 0.6 is 0 Å². The van der Waals surface area contributed by atoms with Gasteiger partial charge >= 0.3 is 6.09 Å². The third kappa shape index (κ3) is 3.38. The molecule has 1 amide bonds. The van der Waals surface area contributed by atoms with E-state index in [1.54, 1.807) is 29.2 Å². The van der Waals surface area contributed by atoms with E-state index in [9.17, 15) is 9.59 Å². The Morgan fingerprint density at radius 1 is 1.30 bits per heavy atom. The molecule has 0 aromatic heterocycles. The van der Waals surface area contributed by atoms with Crippen molar-refractivity contribution in [1.29, 1.82) is 0 Å². The molecule has 0 aliphatic carbocycles. The summed E-state index contributed by atoms with van der Waals surface area (Å²) in [6.45, 7) is 8.48. The standard InChI is InChI=1S/C16H21NO3/c1-11(18)12-5-7-13(8-6-12)17-10-14(20-15(17)19)9-16(2,3)4/h5-8,14H,9-10H2,1-4H3/t14-/m0/s1. The Labute approximate surface area is 119 Å². The molecule has 1 saturated heterocycles. The number of rotatable bonds is 3. The molecule has 1 heterocycles. The topological polar surface area (TPSA) is 46.6 Å². The van der Waals surface area contributed by atoms with Gasteiger partial charge in [0, 0.05) is 11.3 Å². The molecule has 2 rings (SSSR count). The maximum atomic E-state index is 11.9. The van der Waals surface area contributed by atoms with Crippen molar-refractivity contribution in [3.05, 3.63) is 29.8 Å². The average molecular weight is 275 g/mol. The van der Waals surface area contributed by atoms with Gasteiger partial charge in [-0.1, -0.05) is 20.8 Å². The summed E-state index contributed by atoms with van der Waals surface area (Å²) in [4.78, 5) is 24.8. The van der Waals surface area contributed by atoms with Crippen LogP contribution in [0.3, 0.4) is 0 Å². The number of benzene rings is 1. The van der Waals surface area contributed by atoms with Crippen LogP contribution in [-0.4, -0.2) is 24.5 Å². The first kappa shape index (κ1) is 14.6. The normalized spacial score (nSPS) is 19.1. The maximum Gasteiger partial charge on any atom is 0.414 e. The van der Waals surface area contributed by atoms with E-state index in [1.807, 2.05) is 0 Å². The number of Topliss-reactive ketones (excluding diaryl/α,β-unsaturated/α-hetero) is 1. The molecule has 1 aliphatic heterocycles. The molecular formula is C16H21NO3. The van der Waals surface area contributed by atoms with Crippen molar-refractivity contribution in [2.24, 2.45) is 5.41 Å². The highest BCUT2D eigenvalue weighted by Crippen LogP contribution is 2.29. The van der Waals surface area contributed by atoms with Gasteiger partial charge in [0.25, 0.3) is 0 Å². The molecule has 0 radical (unpaired) electrons. The highest BCUT2D eigenvalue weighted by molar-refractivity contribution is 5.95. The third-order valence-corrected chi connectivity index (χ3v) is 3.30. The SMILES string of the molecule is CC(=O)c1ccc(N2C[C@H](CC(C)(C)C)OC2=O)cc1. The fourth-order valence-corrected chi connectivity index (χ4v) is 2.40. The summed E-state index contributed by atoms with van der Waals surface area (Å²) in [5.41, 5.74) is 1.54. The molecule has 1 aromatic carbocycles. The summed E-state index contributed by atoms with van der Waals surface area (Å²) in [5, 5.41) is 0. The second-order valence-electron chi connectivity index (χ2n) is 6.48. The second-order valence-corrected chi connectivity index (χ2v) is 6.48. The number of hydrogen-bond acceptors (Lipinski definition) is 3.